The van der Waals surface area contributed by atoms with Gasteiger partial charge in [-0.1, -0.05) is 48.5 Å². The minimum absolute atomic E-state index is 0.198. The maximum absolute atomic E-state index is 12.8. The van der Waals surface area contributed by atoms with E-state index in [-0.39, 0.29) is 5.91 Å². The standard InChI is InChI=1S/C25H24N4O/c30-24(28-17-15-20-10-4-5-12-22(20)28)14-6-13-23-27-21-11-7-16-26-25(21)29(23)18-19-8-2-1-3-9-19/h1-5,7-12,16H,6,13-15,17-18H2. The third-order valence-corrected chi connectivity index (χ3v) is 5.75. The number of carbonyl (C=O) groups excluding carboxylic acids is 1. The summed E-state index contributed by atoms with van der Waals surface area (Å²) in [5, 5.41) is 0. The fourth-order valence-electron chi connectivity index (χ4n) is 4.26. The minimum Gasteiger partial charge on any atom is -0.312 e. The molecule has 0 atom stereocenters. The molecule has 0 saturated carbocycles. The van der Waals surface area contributed by atoms with Gasteiger partial charge >= 0.3 is 0 Å². The lowest BCUT2D eigenvalue weighted by molar-refractivity contribution is -0.118. The summed E-state index contributed by atoms with van der Waals surface area (Å²) in [5.74, 6) is 1.19. The number of nitrogens with zero attached hydrogens (tertiary/aromatic N) is 4. The van der Waals surface area contributed by atoms with Crippen LogP contribution in [0.5, 0.6) is 0 Å². The molecule has 0 saturated heterocycles. The Morgan fingerprint density at radius 3 is 2.70 bits per heavy atom. The second-order valence-corrected chi connectivity index (χ2v) is 7.72. The van der Waals surface area contributed by atoms with Crippen LogP contribution in [-0.4, -0.2) is 27.0 Å². The van der Waals surface area contributed by atoms with Crippen molar-refractivity contribution < 1.29 is 4.79 Å². The number of aryl methyl sites for hydroxylation is 1. The smallest absolute Gasteiger partial charge is 0.227 e. The Labute approximate surface area is 176 Å². The average molecular weight is 396 g/mol. The molecule has 1 aliphatic heterocycles. The molecule has 5 rings (SSSR count). The van der Waals surface area contributed by atoms with E-state index in [0.29, 0.717) is 6.42 Å². The summed E-state index contributed by atoms with van der Waals surface area (Å²) < 4.78 is 2.18. The number of pyridine rings is 1. The molecule has 0 bridgehead atoms. The number of hydrogen-bond donors (Lipinski definition) is 0. The molecule has 5 nitrogen and oxygen atoms in total. The third-order valence-electron chi connectivity index (χ3n) is 5.75. The van der Waals surface area contributed by atoms with Crippen LogP contribution in [0.1, 0.15) is 29.8 Å². The maximum Gasteiger partial charge on any atom is 0.227 e. The molecule has 30 heavy (non-hydrogen) atoms. The normalized spacial score (nSPS) is 13.0. The molecule has 4 aromatic rings. The van der Waals surface area contributed by atoms with Gasteiger partial charge in [0.2, 0.25) is 5.91 Å². The van der Waals surface area contributed by atoms with Crippen molar-refractivity contribution in [3.8, 4) is 0 Å². The van der Waals surface area contributed by atoms with Crippen molar-refractivity contribution in [1.29, 1.82) is 0 Å². The Balaban J connectivity index is 1.31. The first-order chi connectivity index (χ1) is 14.8. The Kier molecular flexibility index (Phi) is 5.01. The Hall–Kier alpha value is -3.47. The molecule has 0 unspecified atom stereocenters. The van der Waals surface area contributed by atoms with Crippen molar-refractivity contribution in [3.63, 3.8) is 0 Å². The van der Waals surface area contributed by atoms with Gasteiger partial charge in [0, 0.05) is 31.3 Å². The van der Waals surface area contributed by atoms with E-state index in [1.165, 1.54) is 11.1 Å². The van der Waals surface area contributed by atoms with Gasteiger partial charge in [-0.2, -0.15) is 0 Å². The first-order valence-corrected chi connectivity index (χ1v) is 10.5. The van der Waals surface area contributed by atoms with E-state index in [4.69, 9.17) is 4.98 Å². The van der Waals surface area contributed by atoms with Crippen LogP contribution in [0.4, 0.5) is 5.69 Å². The van der Waals surface area contributed by atoms with Crippen LogP contribution in [-0.2, 0) is 24.2 Å². The molecule has 0 aliphatic carbocycles. The quantitative estimate of drug-likeness (QED) is 0.486. The number of imidazole rings is 1. The lowest BCUT2D eigenvalue weighted by Gasteiger charge is -2.17. The second kappa shape index (κ2) is 8.11. The molecule has 0 N–H and O–H groups in total. The number of para-hydroxylation sites is 1. The van der Waals surface area contributed by atoms with Gasteiger partial charge < -0.3 is 9.47 Å². The lowest BCUT2D eigenvalue weighted by Crippen LogP contribution is -2.28. The summed E-state index contributed by atoms with van der Waals surface area (Å²) in [6.45, 7) is 1.52. The Bertz CT molecular complexity index is 1180. The summed E-state index contributed by atoms with van der Waals surface area (Å²) in [7, 11) is 0. The molecule has 5 heteroatoms. The highest BCUT2D eigenvalue weighted by Gasteiger charge is 2.23. The van der Waals surface area contributed by atoms with Crippen LogP contribution >= 0.6 is 0 Å². The van der Waals surface area contributed by atoms with Gasteiger partial charge in [0.25, 0.3) is 0 Å². The van der Waals surface area contributed by atoms with Crippen LogP contribution in [0.15, 0.2) is 72.9 Å². The van der Waals surface area contributed by atoms with E-state index in [9.17, 15) is 4.79 Å². The number of carbonyl (C=O) groups is 1. The Morgan fingerprint density at radius 2 is 1.80 bits per heavy atom. The molecule has 0 radical (unpaired) electrons. The predicted molar refractivity (Wildman–Crippen MR) is 119 cm³/mol. The number of hydrogen-bond acceptors (Lipinski definition) is 3. The zero-order valence-corrected chi connectivity index (χ0v) is 16.9. The van der Waals surface area contributed by atoms with Gasteiger partial charge in [0.15, 0.2) is 5.65 Å². The van der Waals surface area contributed by atoms with E-state index >= 15 is 0 Å². The highest BCUT2D eigenvalue weighted by atomic mass is 16.2. The highest BCUT2D eigenvalue weighted by molar-refractivity contribution is 5.95. The minimum atomic E-state index is 0.198. The summed E-state index contributed by atoms with van der Waals surface area (Å²) in [6, 6.07) is 22.5. The molecule has 3 heterocycles. The number of aromatic nitrogens is 3. The van der Waals surface area contributed by atoms with E-state index in [1.807, 2.05) is 59.6 Å². The monoisotopic (exact) mass is 396 g/mol. The highest BCUT2D eigenvalue weighted by Crippen LogP contribution is 2.28. The largest absolute Gasteiger partial charge is 0.312 e. The van der Waals surface area contributed by atoms with E-state index in [2.05, 4.69) is 27.8 Å². The molecule has 1 aliphatic rings. The summed E-state index contributed by atoms with van der Waals surface area (Å²) in [5.41, 5.74) is 5.36. The number of anilines is 1. The van der Waals surface area contributed by atoms with Gasteiger partial charge in [0.1, 0.15) is 11.3 Å². The number of benzene rings is 2. The summed E-state index contributed by atoms with van der Waals surface area (Å²) in [6.07, 6.45) is 4.81. The second-order valence-electron chi connectivity index (χ2n) is 7.72. The van der Waals surface area contributed by atoms with Crippen molar-refractivity contribution in [2.75, 3.05) is 11.4 Å². The van der Waals surface area contributed by atoms with Gasteiger partial charge in [-0.15, -0.1) is 0 Å². The molecule has 2 aromatic heterocycles. The molecule has 150 valence electrons. The van der Waals surface area contributed by atoms with Gasteiger partial charge in [-0.25, -0.2) is 9.97 Å². The zero-order valence-electron chi connectivity index (χ0n) is 16.9. The predicted octanol–water partition coefficient (Wildman–Crippen LogP) is 4.39. The topological polar surface area (TPSA) is 51.0 Å². The van der Waals surface area contributed by atoms with Gasteiger partial charge in [0.05, 0.1) is 6.54 Å². The van der Waals surface area contributed by atoms with Gasteiger partial charge in [-0.3, -0.25) is 4.79 Å². The van der Waals surface area contributed by atoms with Gasteiger partial charge in [-0.05, 0) is 42.2 Å². The van der Waals surface area contributed by atoms with E-state index in [0.717, 1.165) is 55.0 Å². The van der Waals surface area contributed by atoms with Crippen LogP contribution in [0, 0.1) is 0 Å². The first-order valence-electron chi connectivity index (χ1n) is 10.5. The third kappa shape index (κ3) is 3.59. The molecular weight excluding hydrogens is 372 g/mol. The average Bonchev–Trinajstić information content (AvgIpc) is 3.36. The summed E-state index contributed by atoms with van der Waals surface area (Å²) >= 11 is 0. The first kappa shape index (κ1) is 18.6. The van der Waals surface area contributed by atoms with Crippen molar-refractivity contribution >= 4 is 22.8 Å². The molecule has 0 fully saturated rings. The van der Waals surface area contributed by atoms with E-state index < -0.39 is 0 Å². The SMILES string of the molecule is O=C(CCCc1nc2cccnc2n1Cc1ccccc1)N1CCc2ccccc21. The van der Waals surface area contributed by atoms with Crippen LogP contribution in [0.25, 0.3) is 11.2 Å². The van der Waals surface area contributed by atoms with Crippen molar-refractivity contribution in [1.82, 2.24) is 14.5 Å². The van der Waals surface area contributed by atoms with Crippen LogP contribution in [0.2, 0.25) is 0 Å². The van der Waals surface area contributed by atoms with Crippen molar-refractivity contribution in [3.05, 3.63) is 89.9 Å². The number of fused-ring (bicyclic) bond motifs is 2. The number of amides is 1. The van der Waals surface area contributed by atoms with Crippen molar-refractivity contribution in [2.24, 2.45) is 0 Å². The zero-order chi connectivity index (χ0) is 20.3. The molecule has 2 aromatic carbocycles. The lowest BCUT2D eigenvalue weighted by atomic mass is 10.1. The van der Waals surface area contributed by atoms with E-state index in [1.54, 1.807) is 0 Å². The molecular formula is C25H24N4O. The van der Waals surface area contributed by atoms with Crippen LogP contribution in [0.3, 0.4) is 0 Å². The van der Waals surface area contributed by atoms with Crippen LogP contribution < -0.4 is 4.90 Å². The fraction of sp³-hybridized carbons (Fsp3) is 0.240. The Morgan fingerprint density at radius 1 is 0.967 bits per heavy atom. The van der Waals surface area contributed by atoms with Crippen molar-refractivity contribution in [2.45, 2.75) is 32.2 Å². The number of rotatable bonds is 6. The maximum atomic E-state index is 12.8. The summed E-state index contributed by atoms with van der Waals surface area (Å²) in [4.78, 5) is 24.1. The fourth-order valence-corrected chi connectivity index (χ4v) is 4.26. The molecule has 0 spiro atoms. The molecule has 1 amide bonds.